The van der Waals surface area contributed by atoms with Gasteiger partial charge in [-0.2, -0.15) is 9.05 Å². The number of phosphoric ester groups is 1. The maximum Gasteiger partial charge on any atom is 0.429 e. The number of phosphoric acid groups is 1. The number of nitrogens with zero attached hydrogens (tertiary/aromatic N) is 2. The minimum atomic E-state index is -3.93. The zero-order chi connectivity index (χ0) is 47.3. The maximum absolute atomic E-state index is 14.7. The predicted octanol–water partition coefficient (Wildman–Crippen LogP) is 17.0. The van der Waals surface area contributed by atoms with Crippen molar-refractivity contribution in [2.24, 2.45) is 47.3 Å². The summed E-state index contributed by atoms with van der Waals surface area (Å²) in [6.07, 6.45) is 33.9. The number of aromatic nitrogens is 2. The van der Waals surface area contributed by atoms with Gasteiger partial charge in [0, 0.05) is 24.8 Å². The van der Waals surface area contributed by atoms with Gasteiger partial charge in [-0.05, 0) is 132 Å². The van der Waals surface area contributed by atoms with Crippen molar-refractivity contribution in [3.05, 3.63) is 89.5 Å². The van der Waals surface area contributed by atoms with Crippen LogP contribution >= 0.6 is 8.17 Å². The average molecular weight is 917 g/mol. The van der Waals surface area contributed by atoms with Crippen LogP contribution in [0, 0.1) is 47.3 Å². The third-order valence-electron chi connectivity index (χ3n) is 13.8. The summed E-state index contributed by atoms with van der Waals surface area (Å²) < 4.78 is 18.9. The first-order valence-corrected chi connectivity index (χ1v) is 28.1. The van der Waals surface area contributed by atoms with Crippen molar-refractivity contribution in [2.75, 3.05) is 13.2 Å². The van der Waals surface area contributed by atoms with Crippen LogP contribution in [0.3, 0.4) is 0 Å². The van der Waals surface area contributed by atoms with Gasteiger partial charge in [0.05, 0.1) is 13.2 Å². The third kappa shape index (κ3) is 27.9. The first-order chi connectivity index (χ1) is 31.2. The lowest BCUT2D eigenvalue weighted by Gasteiger charge is -2.26. The molecular formula is C58H97N2O4P. The van der Waals surface area contributed by atoms with Crippen LogP contribution in [0.15, 0.2) is 67.3 Å². The second-order valence-electron chi connectivity index (χ2n) is 21.8. The minimum absolute atomic E-state index is 0.341. The Morgan fingerprint density at radius 3 is 1.00 bits per heavy atom. The van der Waals surface area contributed by atoms with Gasteiger partial charge in [0.1, 0.15) is 0 Å². The SMILES string of the molecule is CC(C)CCCC(C)CCCC(C)CCCC(C)CCO[P+]([O-])(OCCC(C)CCCC(C)CCCC(C)CCCC(C)C)Oc1cc(Cc2ccncc2)cc(Cc2ccncc2)c1. The molecule has 0 saturated carbocycles. The lowest BCUT2D eigenvalue weighted by Crippen LogP contribution is -2.23. The molecule has 0 bridgehead atoms. The highest BCUT2D eigenvalue weighted by molar-refractivity contribution is 7.54. The summed E-state index contributed by atoms with van der Waals surface area (Å²) in [5.41, 5.74) is 4.45. The van der Waals surface area contributed by atoms with Gasteiger partial charge in [-0.15, -0.1) is 0 Å². The molecule has 0 spiro atoms. The van der Waals surface area contributed by atoms with E-state index in [1.165, 1.54) is 103 Å². The van der Waals surface area contributed by atoms with E-state index < -0.39 is 8.17 Å². The molecule has 1 aromatic carbocycles. The molecule has 3 rings (SSSR count). The summed E-state index contributed by atoms with van der Waals surface area (Å²) in [6, 6.07) is 14.3. The van der Waals surface area contributed by atoms with Crippen LogP contribution in [0.25, 0.3) is 0 Å². The molecule has 0 aliphatic carbocycles. The fourth-order valence-electron chi connectivity index (χ4n) is 9.28. The molecule has 0 aliphatic rings. The van der Waals surface area contributed by atoms with Crippen molar-refractivity contribution in [1.29, 1.82) is 0 Å². The molecule has 0 radical (unpaired) electrons. The Balaban J connectivity index is 1.56. The van der Waals surface area contributed by atoms with Crippen molar-refractivity contribution < 1.29 is 18.5 Å². The molecule has 2 heterocycles. The molecular weight excluding hydrogens is 820 g/mol. The van der Waals surface area contributed by atoms with Crippen LogP contribution in [-0.4, -0.2) is 23.2 Å². The standard InChI is InChI=1S/C58H97N2O4P/c1-46(2)17-11-19-48(5)21-13-23-50(7)25-15-27-52(9)33-39-62-65(61,63-40-34-53(10)28-16-26-51(8)24-14-22-49(6)20-12-18-47(3)4)64-58-44-56(41-54-29-35-59-36-30-54)43-57(45-58)42-55-31-37-60-38-32-55/h29-32,35-38,43-53H,11-28,33-34,39-42H2,1-10H3. The fourth-order valence-corrected chi connectivity index (χ4v) is 10.5. The lowest BCUT2D eigenvalue weighted by molar-refractivity contribution is -0.240. The molecule has 0 aliphatic heterocycles. The van der Waals surface area contributed by atoms with Gasteiger partial charge in [0.2, 0.25) is 0 Å². The molecule has 65 heavy (non-hydrogen) atoms. The average Bonchev–Trinajstić information content (AvgIpc) is 3.24. The van der Waals surface area contributed by atoms with Crippen LogP contribution in [0.1, 0.15) is 220 Å². The molecule has 3 aromatic rings. The van der Waals surface area contributed by atoms with Crippen molar-refractivity contribution in [3.63, 3.8) is 0 Å². The summed E-state index contributed by atoms with van der Waals surface area (Å²) in [6.45, 7) is 24.3. The molecule has 6 unspecified atom stereocenters. The lowest BCUT2D eigenvalue weighted by atomic mass is 9.91. The van der Waals surface area contributed by atoms with Crippen molar-refractivity contribution in [3.8, 4) is 5.75 Å². The van der Waals surface area contributed by atoms with Gasteiger partial charge in [0.25, 0.3) is 0 Å². The normalized spacial score (nSPS) is 15.7. The molecule has 0 saturated heterocycles. The van der Waals surface area contributed by atoms with Crippen LogP contribution < -0.4 is 9.42 Å². The molecule has 7 heteroatoms. The molecule has 0 amide bonds. The molecule has 2 aromatic heterocycles. The number of pyridine rings is 2. The topological polar surface area (TPSA) is 76.5 Å². The van der Waals surface area contributed by atoms with E-state index in [-0.39, 0.29) is 0 Å². The fraction of sp³-hybridized carbons (Fsp3) is 0.724. The first-order valence-electron chi connectivity index (χ1n) is 26.7. The predicted molar refractivity (Wildman–Crippen MR) is 277 cm³/mol. The monoisotopic (exact) mass is 917 g/mol. The van der Waals surface area contributed by atoms with E-state index in [1.807, 2.05) is 61.2 Å². The van der Waals surface area contributed by atoms with E-state index in [0.29, 0.717) is 43.6 Å². The number of benzene rings is 1. The Labute approximate surface area is 401 Å². The summed E-state index contributed by atoms with van der Waals surface area (Å²) in [5.74, 6) is 6.29. The van der Waals surface area contributed by atoms with Crippen LogP contribution in [0.4, 0.5) is 0 Å². The zero-order valence-corrected chi connectivity index (χ0v) is 44.3. The van der Waals surface area contributed by atoms with Crippen molar-refractivity contribution >= 4 is 8.17 Å². The van der Waals surface area contributed by atoms with Gasteiger partial charge in [-0.3, -0.25) is 14.5 Å². The van der Waals surface area contributed by atoms with Crippen LogP contribution in [-0.2, 0) is 21.9 Å². The van der Waals surface area contributed by atoms with Crippen molar-refractivity contribution in [1.82, 2.24) is 9.97 Å². The van der Waals surface area contributed by atoms with E-state index in [2.05, 4.69) is 85.3 Å². The Bertz CT molecular complexity index is 1500. The molecule has 6 atom stereocenters. The second kappa shape index (κ2) is 33.2. The molecule has 0 fully saturated rings. The quantitative estimate of drug-likeness (QED) is 0.0533. The Hall–Kier alpha value is -2.37. The Kier molecular flexibility index (Phi) is 29.1. The second-order valence-corrected chi connectivity index (χ2v) is 23.4. The van der Waals surface area contributed by atoms with Gasteiger partial charge in [-0.25, -0.2) is 0 Å². The molecule has 368 valence electrons. The highest BCUT2D eigenvalue weighted by atomic mass is 31.2. The molecule has 0 N–H and O–H groups in total. The summed E-state index contributed by atoms with van der Waals surface area (Å²) in [4.78, 5) is 23.1. The first kappa shape index (κ1) is 57.0. The highest BCUT2D eigenvalue weighted by Gasteiger charge is 2.35. The van der Waals surface area contributed by atoms with E-state index in [0.717, 1.165) is 83.4 Å². The smallest absolute Gasteiger partial charge is 0.429 e. The van der Waals surface area contributed by atoms with Crippen LogP contribution in [0.2, 0.25) is 0 Å². The summed E-state index contributed by atoms with van der Waals surface area (Å²) >= 11 is 0. The van der Waals surface area contributed by atoms with Gasteiger partial charge in [0.15, 0.2) is 5.75 Å². The minimum Gasteiger partial charge on any atom is -0.598 e. The van der Waals surface area contributed by atoms with Crippen molar-refractivity contribution in [2.45, 2.75) is 210 Å². The molecule has 6 nitrogen and oxygen atoms in total. The maximum atomic E-state index is 14.7. The zero-order valence-electron chi connectivity index (χ0n) is 43.4. The summed E-state index contributed by atoms with van der Waals surface area (Å²) in [7, 11) is -3.93. The van der Waals surface area contributed by atoms with E-state index >= 15 is 0 Å². The van der Waals surface area contributed by atoms with E-state index in [4.69, 9.17) is 13.6 Å². The number of hydrogen-bond acceptors (Lipinski definition) is 6. The van der Waals surface area contributed by atoms with Gasteiger partial charge in [-0.1, -0.05) is 191 Å². The Morgan fingerprint density at radius 1 is 0.400 bits per heavy atom. The third-order valence-corrected chi connectivity index (χ3v) is 15.2. The number of hydrogen-bond donors (Lipinski definition) is 0. The van der Waals surface area contributed by atoms with E-state index in [1.54, 1.807) is 0 Å². The van der Waals surface area contributed by atoms with Crippen LogP contribution in [0.5, 0.6) is 5.75 Å². The Morgan fingerprint density at radius 2 is 0.692 bits per heavy atom. The number of rotatable bonds is 38. The summed E-state index contributed by atoms with van der Waals surface area (Å²) in [5, 5.41) is 0. The highest BCUT2D eigenvalue weighted by Crippen LogP contribution is 2.54. The largest absolute Gasteiger partial charge is 0.598 e. The van der Waals surface area contributed by atoms with Gasteiger partial charge < -0.3 is 4.89 Å². The van der Waals surface area contributed by atoms with E-state index in [9.17, 15) is 4.89 Å². The van der Waals surface area contributed by atoms with Gasteiger partial charge >= 0.3 is 8.17 Å².